The summed E-state index contributed by atoms with van der Waals surface area (Å²) in [5.74, 6) is 0. The third-order valence-electron chi connectivity index (χ3n) is 2.97. The van der Waals surface area contributed by atoms with Crippen molar-refractivity contribution in [1.82, 2.24) is 0 Å². The Balaban J connectivity index is 2.58. The van der Waals surface area contributed by atoms with Gasteiger partial charge in [0.2, 0.25) is 0 Å². The van der Waals surface area contributed by atoms with Crippen molar-refractivity contribution in [2.75, 3.05) is 0 Å². The van der Waals surface area contributed by atoms with Gasteiger partial charge in [-0.2, -0.15) is 0 Å². The van der Waals surface area contributed by atoms with E-state index in [-0.39, 0.29) is 0 Å². The fourth-order valence-corrected chi connectivity index (χ4v) is 16.3. The van der Waals surface area contributed by atoms with Gasteiger partial charge in [0.25, 0.3) is 0 Å². The van der Waals surface area contributed by atoms with Crippen LogP contribution in [0.3, 0.4) is 0 Å². The summed E-state index contributed by atoms with van der Waals surface area (Å²) < 4.78 is 2.33. The first kappa shape index (κ1) is 13.3. The Morgan fingerprint density at radius 2 is 1.06 bits per heavy atom. The van der Waals surface area contributed by atoms with Gasteiger partial charge in [-0.25, -0.2) is 0 Å². The van der Waals surface area contributed by atoms with E-state index in [2.05, 4.69) is 38.1 Å². The van der Waals surface area contributed by atoms with Crippen molar-refractivity contribution in [2.45, 2.75) is 13.8 Å². The molecule has 0 bridgehead atoms. The summed E-state index contributed by atoms with van der Waals surface area (Å²) in [7, 11) is 13.6. The van der Waals surface area contributed by atoms with Gasteiger partial charge in [-0.1, -0.05) is 0 Å². The quantitative estimate of drug-likeness (QED) is 0.636. The Morgan fingerprint density at radius 1 is 0.706 bits per heavy atom. The zero-order valence-electron chi connectivity index (χ0n) is 9.87. The molecule has 0 aliphatic carbocycles. The molecule has 0 radical (unpaired) electrons. The molecule has 0 spiro atoms. The van der Waals surface area contributed by atoms with Crippen LogP contribution in [0, 0.1) is 13.8 Å². The van der Waals surface area contributed by atoms with E-state index in [0.29, 0.717) is 0 Å². The van der Waals surface area contributed by atoms with Crippen LogP contribution in [0.15, 0.2) is 48.5 Å². The molecule has 17 heavy (non-hydrogen) atoms. The molecule has 88 valence electrons. The zero-order chi connectivity index (χ0) is 12.5. The van der Waals surface area contributed by atoms with E-state index in [1.54, 1.807) is 0 Å². The van der Waals surface area contributed by atoms with E-state index >= 15 is 0 Å². The molecule has 0 saturated carbocycles. The molecule has 0 atom stereocenters. The Labute approximate surface area is 114 Å². The van der Waals surface area contributed by atoms with E-state index in [4.69, 9.17) is 17.2 Å². The maximum atomic E-state index is 6.79. The van der Waals surface area contributed by atoms with Gasteiger partial charge < -0.3 is 0 Å². The van der Waals surface area contributed by atoms with Crippen LogP contribution in [0.1, 0.15) is 11.1 Å². The predicted molar refractivity (Wildman–Crippen MR) is 73.3 cm³/mol. The number of aryl methyl sites for hydroxylation is 2. The molecule has 0 fully saturated rings. The van der Waals surface area contributed by atoms with Gasteiger partial charge in [0.05, 0.1) is 0 Å². The summed E-state index contributed by atoms with van der Waals surface area (Å²) in [6.07, 6.45) is 0. The van der Waals surface area contributed by atoms with E-state index in [1.165, 1.54) is 11.1 Å². The third-order valence-corrected chi connectivity index (χ3v) is 18.5. The molecule has 0 saturated heterocycles. The second kappa shape index (κ2) is 5.26. The topological polar surface area (TPSA) is 0 Å². The molecule has 2 aromatic rings. The molecular formula is C14H14Cl2Hf. The van der Waals surface area contributed by atoms with Crippen molar-refractivity contribution in [3.63, 3.8) is 0 Å². The van der Waals surface area contributed by atoms with Crippen molar-refractivity contribution in [3.05, 3.63) is 59.7 Å². The second-order valence-electron chi connectivity index (χ2n) is 4.20. The minimum atomic E-state index is -3.57. The number of hydrogen-bond acceptors (Lipinski definition) is 0. The molecule has 0 heterocycles. The number of halogens is 2. The summed E-state index contributed by atoms with van der Waals surface area (Å²) in [5, 5.41) is 0. The van der Waals surface area contributed by atoms with Crippen LogP contribution in [-0.2, 0) is 17.6 Å². The number of hydrogen-bond donors (Lipinski definition) is 0. The van der Waals surface area contributed by atoms with E-state index < -0.39 is 17.6 Å². The van der Waals surface area contributed by atoms with E-state index in [0.717, 1.165) is 6.64 Å². The molecule has 2 rings (SSSR count). The molecule has 2 aromatic carbocycles. The SMILES string of the molecule is Cc1cccc[c]1[Hf]([Cl])([Cl])[c]1ccccc1C. The van der Waals surface area contributed by atoms with Crippen molar-refractivity contribution >= 4 is 23.8 Å². The van der Waals surface area contributed by atoms with Crippen LogP contribution in [-0.4, -0.2) is 0 Å². The summed E-state index contributed by atoms with van der Waals surface area (Å²) in [6, 6.07) is 16.4. The number of benzene rings is 2. The fourth-order valence-electron chi connectivity index (χ4n) is 2.00. The van der Waals surface area contributed by atoms with Crippen molar-refractivity contribution < 1.29 is 17.6 Å². The first-order valence-electron chi connectivity index (χ1n) is 5.53. The molecule has 0 N–H and O–H groups in total. The van der Waals surface area contributed by atoms with Gasteiger partial charge in [0.15, 0.2) is 0 Å². The number of rotatable bonds is 2. The molecule has 0 aromatic heterocycles. The summed E-state index contributed by atoms with van der Waals surface area (Å²) >= 11 is -3.57. The predicted octanol–water partition coefficient (Wildman–Crippen LogP) is 3.72. The standard InChI is InChI=1S/2C7H7.2ClH.Hf/c2*1-7-5-3-2-4-6-7;;;/h2*2-5H,1H3;2*1H;/q;;;;+2/p-2. The van der Waals surface area contributed by atoms with Gasteiger partial charge in [-0.15, -0.1) is 0 Å². The second-order valence-corrected chi connectivity index (χ2v) is 23.1. The summed E-state index contributed by atoms with van der Waals surface area (Å²) in [4.78, 5) is 0. The Hall–Kier alpha value is -0.110. The van der Waals surface area contributed by atoms with Crippen LogP contribution < -0.4 is 6.64 Å². The summed E-state index contributed by atoms with van der Waals surface area (Å²) in [6.45, 7) is 4.15. The zero-order valence-corrected chi connectivity index (χ0v) is 15.0. The van der Waals surface area contributed by atoms with Crippen molar-refractivity contribution in [2.24, 2.45) is 0 Å². The van der Waals surface area contributed by atoms with E-state index in [1.807, 2.05) is 24.3 Å². The molecule has 0 amide bonds. The van der Waals surface area contributed by atoms with Gasteiger partial charge in [0, 0.05) is 0 Å². The van der Waals surface area contributed by atoms with Crippen LogP contribution in [0.25, 0.3) is 0 Å². The average Bonchev–Trinajstić information content (AvgIpc) is 2.29. The van der Waals surface area contributed by atoms with Crippen molar-refractivity contribution in [3.8, 4) is 0 Å². The molecule has 3 heteroatoms. The maximum absolute atomic E-state index is 6.79. The first-order valence-corrected chi connectivity index (χ1v) is 18.0. The van der Waals surface area contributed by atoms with Crippen LogP contribution in [0.4, 0.5) is 0 Å². The minimum absolute atomic E-state index is 1.16. The molecule has 0 aliphatic heterocycles. The summed E-state index contributed by atoms with van der Waals surface area (Å²) in [5.41, 5.74) is 2.39. The molecule has 0 nitrogen and oxygen atoms in total. The van der Waals surface area contributed by atoms with Crippen LogP contribution >= 0.6 is 17.2 Å². The normalized spacial score (nSPS) is 11.5. The Morgan fingerprint density at radius 3 is 1.41 bits per heavy atom. The van der Waals surface area contributed by atoms with Gasteiger partial charge in [-0.05, 0) is 0 Å². The molecule has 0 aliphatic rings. The van der Waals surface area contributed by atoms with Gasteiger partial charge in [0.1, 0.15) is 0 Å². The molecular weight excluding hydrogens is 418 g/mol. The van der Waals surface area contributed by atoms with Crippen LogP contribution in [0.2, 0.25) is 0 Å². The Kier molecular flexibility index (Phi) is 4.12. The monoisotopic (exact) mass is 432 g/mol. The van der Waals surface area contributed by atoms with Crippen LogP contribution in [0.5, 0.6) is 0 Å². The average molecular weight is 432 g/mol. The van der Waals surface area contributed by atoms with Crippen molar-refractivity contribution in [1.29, 1.82) is 0 Å². The van der Waals surface area contributed by atoms with E-state index in [9.17, 15) is 0 Å². The van der Waals surface area contributed by atoms with Gasteiger partial charge >= 0.3 is 115 Å². The fraction of sp³-hybridized carbons (Fsp3) is 0.143. The first-order chi connectivity index (χ1) is 8.03. The third kappa shape index (κ3) is 2.67. The molecule has 0 unspecified atom stereocenters. The van der Waals surface area contributed by atoms with Gasteiger partial charge in [-0.3, -0.25) is 0 Å². The Bertz CT molecular complexity index is 488.